The number of aryl methyl sites for hydroxylation is 1. The summed E-state index contributed by atoms with van der Waals surface area (Å²) in [7, 11) is 0. The van der Waals surface area contributed by atoms with Gasteiger partial charge in [-0.25, -0.2) is 0 Å². The topological polar surface area (TPSA) is 75.9 Å². The molecule has 0 radical (unpaired) electrons. The van der Waals surface area contributed by atoms with Crippen LogP contribution in [0.5, 0.6) is 0 Å². The van der Waals surface area contributed by atoms with Gasteiger partial charge in [-0.2, -0.15) is 9.61 Å². The maximum Gasteiger partial charge on any atom is 0.274 e. The predicted molar refractivity (Wildman–Crippen MR) is 90.8 cm³/mol. The lowest BCUT2D eigenvalue weighted by molar-refractivity contribution is 0.829. The Bertz CT molecular complexity index is 1050. The van der Waals surface area contributed by atoms with Crippen molar-refractivity contribution in [2.75, 3.05) is 0 Å². The summed E-state index contributed by atoms with van der Waals surface area (Å²) < 4.78 is 1.59. The fourth-order valence-electron chi connectivity index (χ4n) is 2.58. The van der Waals surface area contributed by atoms with Crippen LogP contribution in [-0.2, 0) is 6.42 Å². The van der Waals surface area contributed by atoms with Crippen LogP contribution in [-0.4, -0.2) is 24.8 Å². The van der Waals surface area contributed by atoms with E-state index in [2.05, 4.69) is 20.3 Å². The van der Waals surface area contributed by atoms with Gasteiger partial charge in [0.1, 0.15) is 5.69 Å². The number of nitrogens with one attached hydrogen (secondary N) is 1. The molecule has 0 saturated carbocycles. The Morgan fingerprint density at radius 3 is 2.50 bits per heavy atom. The summed E-state index contributed by atoms with van der Waals surface area (Å²) in [6, 6.07) is 17.7. The van der Waals surface area contributed by atoms with Crippen LogP contribution >= 0.6 is 0 Å². The summed E-state index contributed by atoms with van der Waals surface area (Å²) >= 11 is 0. The molecule has 24 heavy (non-hydrogen) atoms. The second-order valence-electron chi connectivity index (χ2n) is 5.69. The van der Waals surface area contributed by atoms with E-state index in [-0.39, 0.29) is 5.56 Å². The summed E-state index contributed by atoms with van der Waals surface area (Å²) in [4.78, 5) is 15.0. The van der Waals surface area contributed by atoms with Gasteiger partial charge >= 0.3 is 0 Å². The van der Waals surface area contributed by atoms with Crippen molar-refractivity contribution in [3.8, 4) is 11.4 Å². The molecular weight excluding hydrogens is 302 g/mol. The summed E-state index contributed by atoms with van der Waals surface area (Å²) in [5.74, 6) is 0.947. The Morgan fingerprint density at radius 2 is 1.75 bits per heavy atom. The summed E-state index contributed by atoms with van der Waals surface area (Å²) in [6.07, 6.45) is 0.456. The van der Waals surface area contributed by atoms with Crippen molar-refractivity contribution in [2.24, 2.45) is 0 Å². The van der Waals surface area contributed by atoms with Gasteiger partial charge in [-0.05, 0) is 12.5 Å². The number of benzene rings is 2. The van der Waals surface area contributed by atoms with Crippen molar-refractivity contribution in [1.29, 1.82) is 0 Å². The Hall–Kier alpha value is -3.28. The first-order valence-corrected chi connectivity index (χ1v) is 7.66. The number of aromatic nitrogens is 5. The highest BCUT2D eigenvalue weighted by Gasteiger charge is 2.13. The molecule has 0 bridgehead atoms. The molecule has 6 heteroatoms. The minimum Gasteiger partial charge on any atom is -0.288 e. The molecule has 0 saturated heterocycles. The number of fused-ring (bicyclic) bond motifs is 1. The summed E-state index contributed by atoms with van der Waals surface area (Å²) in [5.41, 5.74) is 3.29. The SMILES string of the molecule is Cc1ccc(-c2nnc3[nH]c(=O)c(Cc4ccccc4)nn23)cc1. The van der Waals surface area contributed by atoms with E-state index in [9.17, 15) is 4.79 Å². The third-order valence-electron chi connectivity index (χ3n) is 3.87. The largest absolute Gasteiger partial charge is 0.288 e. The van der Waals surface area contributed by atoms with Crippen LogP contribution in [0.15, 0.2) is 59.4 Å². The molecule has 2 aromatic carbocycles. The molecule has 4 rings (SSSR count). The maximum absolute atomic E-state index is 12.2. The van der Waals surface area contributed by atoms with E-state index >= 15 is 0 Å². The molecule has 2 aromatic heterocycles. The molecule has 2 heterocycles. The van der Waals surface area contributed by atoms with E-state index in [1.807, 2.05) is 61.5 Å². The number of aromatic amines is 1. The van der Waals surface area contributed by atoms with Crippen molar-refractivity contribution in [2.45, 2.75) is 13.3 Å². The fourth-order valence-corrected chi connectivity index (χ4v) is 2.58. The van der Waals surface area contributed by atoms with Gasteiger partial charge in [-0.3, -0.25) is 9.78 Å². The molecule has 0 aliphatic carbocycles. The molecule has 0 fully saturated rings. The van der Waals surface area contributed by atoms with Crippen molar-refractivity contribution in [3.63, 3.8) is 0 Å². The maximum atomic E-state index is 12.2. The highest BCUT2D eigenvalue weighted by Crippen LogP contribution is 2.17. The number of hydrogen-bond acceptors (Lipinski definition) is 4. The van der Waals surface area contributed by atoms with Crippen molar-refractivity contribution in [1.82, 2.24) is 24.8 Å². The van der Waals surface area contributed by atoms with Crippen LogP contribution in [0.2, 0.25) is 0 Å². The van der Waals surface area contributed by atoms with Gasteiger partial charge in [0, 0.05) is 12.0 Å². The standard InChI is InChI=1S/C18H15N5O/c1-12-7-9-14(10-8-12)16-20-21-18-19-17(24)15(22-23(16)18)11-13-5-3-2-4-6-13/h2-10H,11H2,1H3,(H,19,21,24). The van der Waals surface area contributed by atoms with E-state index < -0.39 is 0 Å². The number of rotatable bonds is 3. The molecule has 0 atom stereocenters. The van der Waals surface area contributed by atoms with Gasteiger partial charge in [-0.1, -0.05) is 60.2 Å². The molecule has 0 aliphatic heterocycles. The zero-order chi connectivity index (χ0) is 16.5. The molecular formula is C18H15N5O. The minimum atomic E-state index is -0.241. The van der Waals surface area contributed by atoms with E-state index in [0.717, 1.165) is 11.1 Å². The van der Waals surface area contributed by atoms with Gasteiger partial charge in [0.2, 0.25) is 0 Å². The van der Waals surface area contributed by atoms with Gasteiger partial charge < -0.3 is 0 Å². The molecule has 0 amide bonds. The molecule has 1 N–H and O–H groups in total. The monoisotopic (exact) mass is 317 g/mol. The average molecular weight is 317 g/mol. The average Bonchev–Trinajstić information content (AvgIpc) is 2.99. The lowest BCUT2D eigenvalue weighted by Gasteiger charge is -2.03. The van der Waals surface area contributed by atoms with Gasteiger partial charge in [0.05, 0.1) is 0 Å². The molecule has 0 aliphatic rings. The van der Waals surface area contributed by atoms with E-state index in [1.165, 1.54) is 5.56 Å². The second-order valence-corrected chi connectivity index (χ2v) is 5.69. The van der Waals surface area contributed by atoms with Crippen molar-refractivity contribution >= 4 is 5.78 Å². The Kier molecular flexibility index (Phi) is 3.42. The quantitative estimate of drug-likeness (QED) is 0.629. The third kappa shape index (κ3) is 2.58. The van der Waals surface area contributed by atoms with Crippen molar-refractivity contribution < 1.29 is 0 Å². The number of H-pyrrole nitrogens is 1. The first-order chi connectivity index (χ1) is 11.7. The number of nitrogens with zero attached hydrogens (tertiary/aromatic N) is 4. The predicted octanol–water partition coefficient (Wildman–Crippen LogP) is 2.38. The zero-order valence-corrected chi connectivity index (χ0v) is 13.1. The first-order valence-electron chi connectivity index (χ1n) is 7.66. The molecule has 0 unspecified atom stereocenters. The molecule has 0 spiro atoms. The first kappa shape index (κ1) is 14.3. The molecule has 118 valence electrons. The lowest BCUT2D eigenvalue weighted by atomic mass is 10.1. The summed E-state index contributed by atoms with van der Waals surface area (Å²) in [6.45, 7) is 2.03. The van der Waals surface area contributed by atoms with Crippen LogP contribution in [0.25, 0.3) is 17.2 Å². The van der Waals surface area contributed by atoms with E-state index in [1.54, 1.807) is 4.52 Å². The van der Waals surface area contributed by atoms with Crippen molar-refractivity contribution in [3.05, 3.63) is 81.8 Å². The van der Waals surface area contributed by atoms with Crippen LogP contribution < -0.4 is 5.56 Å². The Labute approximate surface area is 137 Å². The third-order valence-corrected chi connectivity index (χ3v) is 3.87. The Morgan fingerprint density at radius 1 is 1.00 bits per heavy atom. The highest BCUT2D eigenvalue weighted by molar-refractivity contribution is 5.57. The molecule has 4 aromatic rings. The Balaban J connectivity index is 1.82. The number of hydrogen-bond donors (Lipinski definition) is 1. The van der Waals surface area contributed by atoms with Crippen LogP contribution in [0.4, 0.5) is 0 Å². The molecule has 6 nitrogen and oxygen atoms in total. The normalized spacial score (nSPS) is 11.0. The lowest BCUT2D eigenvalue weighted by Crippen LogP contribution is -2.19. The summed E-state index contributed by atoms with van der Waals surface area (Å²) in [5, 5.41) is 12.7. The van der Waals surface area contributed by atoms with E-state index in [4.69, 9.17) is 0 Å². The smallest absolute Gasteiger partial charge is 0.274 e. The highest BCUT2D eigenvalue weighted by atomic mass is 16.1. The van der Waals surface area contributed by atoms with Gasteiger partial charge in [0.15, 0.2) is 5.82 Å². The van der Waals surface area contributed by atoms with Gasteiger partial charge in [-0.15, -0.1) is 10.2 Å². The van der Waals surface area contributed by atoms with Crippen LogP contribution in [0.3, 0.4) is 0 Å². The van der Waals surface area contributed by atoms with Crippen LogP contribution in [0, 0.1) is 6.92 Å². The van der Waals surface area contributed by atoms with Gasteiger partial charge in [0.25, 0.3) is 11.3 Å². The van der Waals surface area contributed by atoms with E-state index in [0.29, 0.717) is 23.7 Å². The fraction of sp³-hybridized carbons (Fsp3) is 0.111. The van der Waals surface area contributed by atoms with Crippen LogP contribution in [0.1, 0.15) is 16.8 Å². The minimum absolute atomic E-state index is 0.241. The zero-order valence-electron chi connectivity index (χ0n) is 13.1. The second kappa shape index (κ2) is 5.73.